The first-order chi connectivity index (χ1) is 4.63. The molecule has 2 N–H and O–H groups in total. The maximum atomic E-state index is 10.8. The number of hydrogen-bond donors (Lipinski definition) is 1. The van der Waals surface area contributed by atoms with Crippen molar-refractivity contribution >= 4 is 23.2 Å². The molecule has 0 atom stereocenters. The molecule has 0 heterocycles. The summed E-state index contributed by atoms with van der Waals surface area (Å²) in [6, 6.07) is 0.103. The Morgan fingerprint density at radius 3 is 1.82 bits per heavy atom. The summed E-state index contributed by atoms with van der Waals surface area (Å²) in [7, 11) is -5.58. The van der Waals surface area contributed by atoms with Crippen LogP contribution in [-0.2, 0) is 14.8 Å². The monoisotopic (exact) mass is 195 g/mol. The molecule has 4 nitrogen and oxygen atoms in total. The van der Waals surface area contributed by atoms with Gasteiger partial charge in [0.2, 0.25) is 0 Å². The molecule has 66 valence electrons. The second-order valence-electron chi connectivity index (χ2n) is 3.65. The van der Waals surface area contributed by atoms with Gasteiger partial charge in [-0.25, -0.2) is 13.6 Å². The van der Waals surface area contributed by atoms with Crippen molar-refractivity contribution in [1.29, 1.82) is 0 Å². The van der Waals surface area contributed by atoms with Gasteiger partial charge in [0, 0.05) is 6.04 Å². The molecule has 11 heavy (non-hydrogen) atoms. The van der Waals surface area contributed by atoms with Gasteiger partial charge < -0.3 is 0 Å². The predicted molar refractivity (Wildman–Crippen MR) is 46.3 cm³/mol. The Kier molecular flexibility index (Phi) is 2.98. The first-order valence-corrected chi connectivity index (χ1v) is 8.44. The van der Waals surface area contributed by atoms with E-state index in [1.165, 1.54) is 0 Å². The SMILES string of the molecule is C[Si](C)(C)CC(=O)S(N)(=O)=O. The topological polar surface area (TPSA) is 77.2 Å². The predicted octanol–water partition coefficient (Wildman–Crippen LogP) is 0.140. The normalized spacial score (nSPS) is 13.1. The minimum Gasteiger partial charge on any atom is -0.281 e. The molecule has 0 aliphatic carbocycles. The maximum Gasteiger partial charge on any atom is 0.271 e. The van der Waals surface area contributed by atoms with Crippen molar-refractivity contribution in [1.82, 2.24) is 0 Å². The standard InChI is InChI=1S/C5H13NO3SSi/c1-11(2,3)4-5(7)10(6,8)9/h4H2,1-3H3,(H2,6,8,9). The van der Waals surface area contributed by atoms with E-state index in [1.54, 1.807) is 0 Å². The quantitative estimate of drug-likeness (QED) is 0.637. The minimum absolute atomic E-state index is 0.103. The molecule has 0 aromatic heterocycles. The van der Waals surface area contributed by atoms with Gasteiger partial charge >= 0.3 is 0 Å². The van der Waals surface area contributed by atoms with Crippen molar-refractivity contribution in [3.63, 3.8) is 0 Å². The van der Waals surface area contributed by atoms with Crippen molar-refractivity contribution in [3.8, 4) is 0 Å². The Morgan fingerprint density at radius 1 is 1.36 bits per heavy atom. The number of nitrogens with two attached hydrogens (primary N) is 1. The zero-order valence-electron chi connectivity index (χ0n) is 6.92. The van der Waals surface area contributed by atoms with E-state index in [1.807, 2.05) is 19.6 Å². The number of carbonyl (C=O) groups excluding carboxylic acids is 1. The smallest absolute Gasteiger partial charge is 0.271 e. The molecule has 0 fully saturated rings. The van der Waals surface area contributed by atoms with E-state index in [0.717, 1.165) is 0 Å². The average Bonchev–Trinajstić information content (AvgIpc) is 1.56. The fourth-order valence-corrected chi connectivity index (χ4v) is 3.50. The molecule has 0 radical (unpaired) electrons. The van der Waals surface area contributed by atoms with Crippen LogP contribution >= 0.6 is 0 Å². The minimum atomic E-state index is -3.94. The Labute approximate surface area is 67.8 Å². The molecule has 0 rings (SSSR count). The van der Waals surface area contributed by atoms with Gasteiger partial charge in [-0.15, -0.1) is 0 Å². The van der Waals surface area contributed by atoms with Gasteiger partial charge in [-0.05, 0) is 0 Å². The lowest BCUT2D eigenvalue weighted by molar-refractivity contribution is -0.110. The summed E-state index contributed by atoms with van der Waals surface area (Å²) in [5.41, 5.74) is 0. The van der Waals surface area contributed by atoms with Crippen LogP contribution in [0.15, 0.2) is 0 Å². The molecule has 0 bridgehead atoms. The molecule has 6 heteroatoms. The van der Waals surface area contributed by atoms with Crippen LogP contribution in [0.25, 0.3) is 0 Å². The van der Waals surface area contributed by atoms with Crippen LogP contribution in [0.1, 0.15) is 0 Å². The van der Waals surface area contributed by atoms with Gasteiger partial charge in [-0.1, -0.05) is 19.6 Å². The summed E-state index contributed by atoms with van der Waals surface area (Å²) in [4.78, 5) is 10.8. The van der Waals surface area contributed by atoms with E-state index in [0.29, 0.717) is 0 Å². The van der Waals surface area contributed by atoms with Gasteiger partial charge in [-0.3, -0.25) is 4.79 Å². The summed E-state index contributed by atoms with van der Waals surface area (Å²) in [6.07, 6.45) is 0. The van der Waals surface area contributed by atoms with Gasteiger partial charge in [0.25, 0.3) is 15.1 Å². The van der Waals surface area contributed by atoms with Crippen LogP contribution < -0.4 is 5.14 Å². The molecule has 0 aliphatic rings. The van der Waals surface area contributed by atoms with Crippen molar-refractivity contribution in [2.45, 2.75) is 25.7 Å². The lowest BCUT2D eigenvalue weighted by Crippen LogP contribution is -2.31. The molecule has 0 aromatic carbocycles. The van der Waals surface area contributed by atoms with Crippen LogP contribution in [-0.4, -0.2) is 21.6 Å². The first-order valence-electron chi connectivity index (χ1n) is 3.18. The van der Waals surface area contributed by atoms with Crippen molar-refractivity contribution in [2.24, 2.45) is 5.14 Å². The molecule has 0 spiro atoms. The number of carbonyl (C=O) groups is 1. The third kappa shape index (κ3) is 5.11. The van der Waals surface area contributed by atoms with Crippen LogP contribution in [0.2, 0.25) is 25.7 Å². The molecular formula is C5H13NO3SSi. The Balaban J connectivity index is 4.35. The average molecular weight is 195 g/mol. The van der Waals surface area contributed by atoms with Gasteiger partial charge in [0.15, 0.2) is 0 Å². The van der Waals surface area contributed by atoms with Crippen molar-refractivity contribution < 1.29 is 13.2 Å². The summed E-state index contributed by atoms with van der Waals surface area (Å²) in [5, 5.41) is 3.79. The summed E-state index contributed by atoms with van der Waals surface area (Å²) >= 11 is 0. The first kappa shape index (κ1) is 10.8. The zero-order chi connectivity index (χ0) is 9.28. The highest BCUT2D eigenvalue weighted by Gasteiger charge is 2.24. The van der Waals surface area contributed by atoms with E-state index in [-0.39, 0.29) is 6.04 Å². The van der Waals surface area contributed by atoms with E-state index in [4.69, 9.17) is 0 Å². The van der Waals surface area contributed by atoms with E-state index in [9.17, 15) is 13.2 Å². The molecule has 0 saturated heterocycles. The molecule has 0 saturated carbocycles. The second kappa shape index (κ2) is 3.04. The third-order valence-corrected chi connectivity index (χ3v) is 3.41. The van der Waals surface area contributed by atoms with Crippen molar-refractivity contribution in [3.05, 3.63) is 0 Å². The summed E-state index contributed by atoms with van der Waals surface area (Å²) in [5.74, 6) is 0. The fraction of sp³-hybridized carbons (Fsp3) is 0.800. The van der Waals surface area contributed by atoms with Crippen LogP contribution in [0.5, 0.6) is 0 Å². The lowest BCUT2D eigenvalue weighted by atomic mass is 10.9. The second-order valence-corrected chi connectivity index (χ2v) is 10.7. The number of primary sulfonamides is 1. The molecule has 0 unspecified atom stereocenters. The maximum absolute atomic E-state index is 10.8. The summed E-state index contributed by atoms with van der Waals surface area (Å²) in [6.45, 7) is 5.74. The Morgan fingerprint density at radius 2 is 1.73 bits per heavy atom. The number of sulfonamides is 1. The molecule has 0 aliphatic heterocycles. The largest absolute Gasteiger partial charge is 0.281 e. The van der Waals surface area contributed by atoms with E-state index >= 15 is 0 Å². The van der Waals surface area contributed by atoms with Crippen LogP contribution in [0.4, 0.5) is 0 Å². The molecular weight excluding hydrogens is 182 g/mol. The van der Waals surface area contributed by atoms with Gasteiger partial charge in [-0.2, -0.15) is 0 Å². The fourth-order valence-electron chi connectivity index (χ4n) is 0.534. The van der Waals surface area contributed by atoms with Crippen LogP contribution in [0, 0.1) is 0 Å². The number of rotatable bonds is 2. The zero-order valence-corrected chi connectivity index (χ0v) is 8.73. The Bertz CT molecular complexity index is 251. The van der Waals surface area contributed by atoms with Gasteiger partial charge in [0.1, 0.15) is 0 Å². The molecule has 0 aromatic rings. The highest BCUT2D eigenvalue weighted by atomic mass is 32.2. The third-order valence-electron chi connectivity index (χ3n) is 0.992. The van der Waals surface area contributed by atoms with E-state index < -0.39 is 23.2 Å². The highest BCUT2D eigenvalue weighted by Crippen LogP contribution is 2.09. The van der Waals surface area contributed by atoms with E-state index in [2.05, 4.69) is 5.14 Å². The van der Waals surface area contributed by atoms with Crippen LogP contribution in [0.3, 0.4) is 0 Å². The van der Waals surface area contributed by atoms with Crippen molar-refractivity contribution in [2.75, 3.05) is 0 Å². The number of hydrogen-bond acceptors (Lipinski definition) is 3. The lowest BCUT2D eigenvalue weighted by Gasteiger charge is -2.12. The summed E-state index contributed by atoms with van der Waals surface area (Å²) < 4.78 is 20.9. The highest BCUT2D eigenvalue weighted by molar-refractivity contribution is 8.04. The Hall–Kier alpha value is -0.203. The molecule has 0 amide bonds. The van der Waals surface area contributed by atoms with Gasteiger partial charge in [0.05, 0.1) is 8.07 Å².